The number of carbonyl (C=O) groups excluding carboxylic acids is 2. The van der Waals surface area contributed by atoms with E-state index in [0.29, 0.717) is 36.3 Å². The average Bonchev–Trinajstić information content (AvgIpc) is 2.81. The maximum absolute atomic E-state index is 12.0. The van der Waals surface area contributed by atoms with E-state index >= 15 is 0 Å². The molecule has 0 spiro atoms. The van der Waals surface area contributed by atoms with Gasteiger partial charge in [0.2, 0.25) is 0 Å². The molecule has 0 fully saturated rings. The predicted molar refractivity (Wildman–Crippen MR) is 128 cm³/mol. The Morgan fingerprint density at radius 1 is 0.971 bits per heavy atom. The van der Waals surface area contributed by atoms with Crippen LogP contribution in [0.4, 0.5) is 16.2 Å². The number of ether oxygens (including phenoxy) is 1. The Morgan fingerprint density at radius 3 is 2.24 bits per heavy atom. The molecule has 182 valence electrons. The van der Waals surface area contributed by atoms with E-state index < -0.39 is 18.0 Å². The van der Waals surface area contributed by atoms with Crippen molar-refractivity contribution in [1.29, 1.82) is 0 Å². The van der Waals surface area contributed by atoms with E-state index in [1.165, 1.54) is 0 Å². The van der Waals surface area contributed by atoms with Crippen molar-refractivity contribution in [1.82, 2.24) is 10.4 Å². The van der Waals surface area contributed by atoms with Crippen LogP contribution in [0.5, 0.6) is 0 Å². The van der Waals surface area contributed by atoms with Gasteiger partial charge in [0.1, 0.15) is 6.61 Å². The maximum Gasteiger partial charge on any atom is 0.411 e. The summed E-state index contributed by atoms with van der Waals surface area (Å²) in [7, 11) is 3.89. The Balaban J connectivity index is 1.64. The van der Waals surface area contributed by atoms with E-state index in [2.05, 4.69) is 10.6 Å². The Kier molecular flexibility index (Phi) is 10.6. The minimum atomic E-state index is -1.25. The number of carbonyl (C=O) groups is 3. The number of nitrogens with zero attached hydrogens (tertiary/aromatic N) is 2. The second kappa shape index (κ2) is 13.6. The normalized spacial score (nSPS) is 10.7. The van der Waals surface area contributed by atoms with Gasteiger partial charge in [0.05, 0.1) is 0 Å². The predicted octanol–water partition coefficient (Wildman–Crippen LogP) is 2.84. The number of hydrogen-bond acceptors (Lipinski definition) is 7. The van der Waals surface area contributed by atoms with E-state index in [9.17, 15) is 19.6 Å². The van der Waals surface area contributed by atoms with Crippen molar-refractivity contribution < 1.29 is 29.4 Å². The molecule has 0 atom stereocenters. The van der Waals surface area contributed by atoms with E-state index in [0.717, 1.165) is 22.9 Å². The standard InChI is InChI=1S/C24H30N4O6/c1-27(2)21-10-8-20(9-11-21)26-24(32)34-17-19-6-4-18(5-7-19)16-25-14-3-15-28(33)22(29)12-13-23(30)31/h4-13,25,33H,3,14-17H2,1-2H3,(H,26,32)(H,30,31)/b13-12+. The average molecular weight is 471 g/mol. The monoisotopic (exact) mass is 470 g/mol. The maximum atomic E-state index is 12.0. The fraction of sp³-hybridized carbons (Fsp3) is 0.292. The molecule has 34 heavy (non-hydrogen) atoms. The highest BCUT2D eigenvalue weighted by atomic mass is 16.5. The molecule has 2 amide bonds. The molecule has 10 nitrogen and oxygen atoms in total. The van der Waals surface area contributed by atoms with Gasteiger partial charge in [-0.1, -0.05) is 24.3 Å². The summed E-state index contributed by atoms with van der Waals surface area (Å²) in [6, 6.07) is 15.0. The summed E-state index contributed by atoms with van der Waals surface area (Å²) in [6.45, 7) is 1.36. The van der Waals surface area contributed by atoms with E-state index in [1.807, 2.05) is 67.5 Å². The van der Waals surface area contributed by atoms with Gasteiger partial charge in [-0.15, -0.1) is 0 Å². The van der Waals surface area contributed by atoms with Crippen LogP contribution in [-0.4, -0.2) is 60.5 Å². The summed E-state index contributed by atoms with van der Waals surface area (Å²) in [4.78, 5) is 35.8. The molecule has 0 heterocycles. The number of hydroxylamine groups is 2. The Hall–Kier alpha value is -3.89. The first kappa shape index (κ1) is 26.4. The van der Waals surface area contributed by atoms with Gasteiger partial charge in [0.15, 0.2) is 0 Å². The minimum absolute atomic E-state index is 0.0773. The zero-order valence-electron chi connectivity index (χ0n) is 19.2. The first-order valence-electron chi connectivity index (χ1n) is 10.7. The zero-order chi connectivity index (χ0) is 24.9. The summed E-state index contributed by atoms with van der Waals surface area (Å²) in [5.74, 6) is -2.04. The van der Waals surface area contributed by atoms with Gasteiger partial charge >= 0.3 is 12.1 Å². The minimum Gasteiger partial charge on any atom is -0.478 e. The topological polar surface area (TPSA) is 131 Å². The van der Waals surface area contributed by atoms with Crippen molar-refractivity contribution in [3.63, 3.8) is 0 Å². The first-order valence-corrected chi connectivity index (χ1v) is 10.7. The van der Waals surface area contributed by atoms with Gasteiger partial charge in [0.25, 0.3) is 5.91 Å². The number of carboxylic acid groups (broad SMARTS) is 1. The van der Waals surface area contributed by atoms with Gasteiger partial charge in [-0.2, -0.15) is 0 Å². The number of amides is 2. The van der Waals surface area contributed by atoms with Gasteiger partial charge in [-0.05, 0) is 48.4 Å². The zero-order valence-corrected chi connectivity index (χ0v) is 19.2. The third kappa shape index (κ3) is 9.72. The lowest BCUT2D eigenvalue weighted by molar-refractivity contribution is -0.159. The second-order valence-corrected chi connectivity index (χ2v) is 7.62. The molecule has 0 unspecified atom stereocenters. The van der Waals surface area contributed by atoms with Crippen LogP contribution in [0.2, 0.25) is 0 Å². The van der Waals surface area contributed by atoms with E-state index in [1.54, 1.807) is 0 Å². The lowest BCUT2D eigenvalue weighted by Crippen LogP contribution is -2.29. The number of carboxylic acids is 1. The summed E-state index contributed by atoms with van der Waals surface area (Å²) < 4.78 is 5.27. The third-order valence-corrected chi connectivity index (χ3v) is 4.70. The number of rotatable bonds is 12. The van der Waals surface area contributed by atoms with Crippen LogP contribution in [0.1, 0.15) is 17.5 Å². The molecule has 0 aliphatic rings. The molecule has 0 bridgehead atoms. The molecule has 0 aliphatic carbocycles. The number of hydrogen-bond donors (Lipinski definition) is 4. The van der Waals surface area contributed by atoms with E-state index in [4.69, 9.17) is 9.84 Å². The Morgan fingerprint density at radius 2 is 1.62 bits per heavy atom. The molecule has 2 aromatic rings. The highest BCUT2D eigenvalue weighted by Gasteiger charge is 2.07. The van der Waals surface area contributed by atoms with Crippen LogP contribution >= 0.6 is 0 Å². The number of benzene rings is 2. The highest BCUT2D eigenvalue weighted by molar-refractivity contribution is 5.93. The van der Waals surface area contributed by atoms with Crippen molar-refractivity contribution in [2.24, 2.45) is 0 Å². The lowest BCUT2D eigenvalue weighted by atomic mass is 10.1. The van der Waals surface area contributed by atoms with Crippen molar-refractivity contribution >= 4 is 29.3 Å². The molecular formula is C24H30N4O6. The summed E-state index contributed by atoms with van der Waals surface area (Å²) >= 11 is 0. The van der Waals surface area contributed by atoms with Crippen LogP contribution in [-0.2, 0) is 27.5 Å². The molecular weight excluding hydrogens is 440 g/mol. The number of aliphatic carboxylic acids is 1. The van der Waals surface area contributed by atoms with Crippen molar-refractivity contribution in [2.75, 3.05) is 37.4 Å². The van der Waals surface area contributed by atoms with Crippen LogP contribution < -0.4 is 15.5 Å². The summed E-state index contributed by atoms with van der Waals surface area (Å²) in [5, 5.41) is 24.4. The van der Waals surface area contributed by atoms with E-state index in [-0.39, 0.29) is 13.2 Å². The SMILES string of the molecule is CN(C)c1ccc(NC(=O)OCc2ccc(CNCCCN(O)C(=O)/C=C/C(=O)O)cc2)cc1. The molecule has 4 N–H and O–H groups in total. The Labute approximate surface area is 198 Å². The molecule has 0 saturated carbocycles. The smallest absolute Gasteiger partial charge is 0.411 e. The quantitative estimate of drug-likeness (QED) is 0.161. The highest BCUT2D eigenvalue weighted by Crippen LogP contribution is 2.16. The van der Waals surface area contributed by atoms with Gasteiger partial charge in [0, 0.05) is 50.7 Å². The molecule has 0 saturated heterocycles. The lowest BCUT2D eigenvalue weighted by Gasteiger charge is -2.13. The third-order valence-electron chi connectivity index (χ3n) is 4.70. The van der Waals surface area contributed by atoms with Gasteiger partial charge in [-0.25, -0.2) is 14.7 Å². The van der Waals surface area contributed by atoms with Crippen molar-refractivity contribution in [2.45, 2.75) is 19.6 Å². The summed E-state index contributed by atoms with van der Waals surface area (Å²) in [6.07, 6.45) is 1.43. The molecule has 10 heteroatoms. The fourth-order valence-electron chi connectivity index (χ4n) is 2.82. The molecule has 0 aromatic heterocycles. The molecule has 0 aliphatic heterocycles. The first-order chi connectivity index (χ1) is 16.2. The van der Waals surface area contributed by atoms with Gasteiger partial charge in [-0.3, -0.25) is 15.3 Å². The molecule has 0 radical (unpaired) electrons. The number of anilines is 2. The molecule has 2 aromatic carbocycles. The summed E-state index contributed by atoms with van der Waals surface area (Å²) in [5.41, 5.74) is 3.56. The molecule has 2 rings (SSSR count). The Bertz CT molecular complexity index is 974. The number of nitrogens with one attached hydrogen (secondary N) is 2. The van der Waals surface area contributed by atoms with Crippen molar-refractivity contribution in [3.05, 3.63) is 71.8 Å². The van der Waals surface area contributed by atoms with Crippen molar-refractivity contribution in [3.8, 4) is 0 Å². The van der Waals surface area contributed by atoms with Crippen LogP contribution in [0.3, 0.4) is 0 Å². The van der Waals surface area contributed by atoms with Crippen LogP contribution in [0.15, 0.2) is 60.7 Å². The fourth-order valence-corrected chi connectivity index (χ4v) is 2.82. The van der Waals surface area contributed by atoms with Crippen LogP contribution in [0, 0.1) is 0 Å². The second-order valence-electron chi connectivity index (χ2n) is 7.62. The van der Waals surface area contributed by atoms with Crippen LogP contribution in [0.25, 0.3) is 0 Å². The van der Waals surface area contributed by atoms with Gasteiger partial charge < -0.3 is 20.1 Å². The largest absolute Gasteiger partial charge is 0.478 e.